The maximum Gasteiger partial charge on any atom is 0.150 e. The topological polar surface area (TPSA) is 38.1 Å². The Balaban J connectivity index is 2.37. The average Bonchev–Trinajstić information content (AvgIpc) is 2.61. The van der Waals surface area contributed by atoms with Crippen molar-refractivity contribution in [1.82, 2.24) is 10.5 Å². The number of rotatable bonds is 5. The van der Waals surface area contributed by atoms with Crippen LogP contribution in [-0.2, 0) is 13.0 Å². The minimum atomic E-state index is 0.505. The highest BCUT2D eigenvalue weighted by molar-refractivity contribution is 5.04. The van der Waals surface area contributed by atoms with E-state index in [0.29, 0.717) is 12.0 Å². The molecule has 0 aromatic carbocycles. The van der Waals surface area contributed by atoms with Crippen molar-refractivity contribution in [2.24, 2.45) is 5.92 Å². The summed E-state index contributed by atoms with van der Waals surface area (Å²) < 4.78 is 5.17. The summed E-state index contributed by atoms with van der Waals surface area (Å²) in [4.78, 5) is 0. The molecule has 1 atom stereocenters. The van der Waals surface area contributed by atoms with Gasteiger partial charge in [-0.05, 0) is 19.3 Å². The Morgan fingerprint density at radius 3 is 2.64 bits per heavy atom. The van der Waals surface area contributed by atoms with E-state index in [0.717, 1.165) is 24.4 Å². The standard InChI is InChI=1S/C11H20N2O/c1-5-10-6-11(14-13-10)7-12-9(4)8(2)3/h6,8-9,12H,5,7H2,1-4H3. The highest BCUT2D eigenvalue weighted by Gasteiger charge is 2.08. The van der Waals surface area contributed by atoms with Gasteiger partial charge in [0.2, 0.25) is 0 Å². The number of hydrogen-bond donors (Lipinski definition) is 1. The first-order chi connectivity index (χ1) is 6.63. The second kappa shape index (κ2) is 5.15. The van der Waals surface area contributed by atoms with Gasteiger partial charge >= 0.3 is 0 Å². The predicted molar refractivity (Wildman–Crippen MR) is 57.0 cm³/mol. The smallest absolute Gasteiger partial charge is 0.150 e. The highest BCUT2D eigenvalue weighted by atomic mass is 16.5. The Hall–Kier alpha value is -0.830. The maximum absolute atomic E-state index is 5.17. The minimum Gasteiger partial charge on any atom is -0.360 e. The van der Waals surface area contributed by atoms with Crippen molar-refractivity contribution in [3.63, 3.8) is 0 Å². The van der Waals surface area contributed by atoms with Crippen LogP contribution >= 0.6 is 0 Å². The normalized spacial score (nSPS) is 13.5. The minimum absolute atomic E-state index is 0.505. The molecule has 1 heterocycles. The van der Waals surface area contributed by atoms with E-state index in [1.165, 1.54) is 0 Å². The lowest BCUT2D eigenvalue weighted by Crippen LogP contribution is -2.29. The summed E-state index contributed by atoms with van der Waals surface area (Å²) in [6.07, 6.45) is 0.934. The van der Waals surface area contributed by atoms with E-state index >= 15 is 0 Å². The third-order valence-electron chi connectivity index (χ3n) is 2.57. The zero-order valence-electron chi connectivity index (χ0n) is 9.50. The van der Waals surface area contributed by atoms with E-state index in [4.69, 9.17) is 4.52 Å². The van der Waals surface area contributed by atoms with Crippen LogP contribution in [-0.4, -0.2) is 11.2 Å². The van der Waals surface area contributed by atoms with Crippen LogP contribution in [0.2, 0.25) is 0 Å². The first kappa shape index (κ1) is 11.2. The third kappa shape index (κ3) is 3.14. The Morgan fingerprint density at radius 2 is 2.14 bits per heavy atom. The van der Waals surface area contributed by atoms with E-state index in [1.54, 1.807) is 0 Å². The van der Waals surface area contributed by atoms with E-state index in [2.05, 4.69) is 38.2 Å². The molecule has 80 valence electrons. The monoisotopic (exact) mass is 196 g/mol. The molecular weight excluding hydrogens is 176 g/mol. The fourth-order valence-corrected chi connectivity index (χ4v) is 1.10. The van der Waals surface area contributed by atoms with Crippen molar-refractivity contribution >= 4 is 0 Å². The number of aryl methyl sites for hydroxylation is 1. The molecule has 0 saturated carbocycles. The van der Waals surface area contributed by atoms with Crippen molar-refractivity contribution in [1.29, 1.82) is 0 Å². The van der Waals surface area contributed by atoms with Crippen molar-refractivity contribution in [2.45, 2.75) is 46.7 Å². The highest BCUT2D eigenvalue weighted by Crippen LogP contribution is 2.06. The quantitative estimate of drug-likeness (QED) is 0.785. The molecule has 1 unspecified atom stereocenters. The van der Waals surface area contributed by atoms with E-state index in [1.807, 2.05) is 6.07 Å². The zero-order chi connectivity index (χ0) is 10.6. The fraction of sp³-hybridized carbons (Fsp3) is 0.727. The lowest BCUT2D eigenvalue weighted by Gasteiger charge is -2.15. The van der Waals surface area contributed by atoms with Crippen molar-refractivity contribution in [3.8, 4) is 0 Å². The lowest BCUT2D eigenvalue weighted by molar-refractivity contribution is 0.345. The summed E-state index contributed by atoms with van der Waals surface area (Å²) in [5, 5.41) is 7.34. The van der Waals surface area contributed by atoms with Gasteiger partial charge in [-0.2, -0.15) is 0 Å². The molecule has 0 fully saturated rings. The van der Waals surface area contributed by atoms with Crippen LogP contribution in [0, 0.1) is 5.92 Å². The van der Waals surface area contributed by atoms with Crippen molar-refractivity contribution in [3.05, 3.63) is 17.5 Å². The molecule has 1 aromatic rings. The fourth-order valence-electron chi connectivity index (χ4n) is 1.10. The number of nitrogens with one attached hydrogen (secondary N) is 1. The molecule has 0 aliphatic rings. The summed E-state index contributed by atoms with van der Waals surface area (Å²) in [6, 6.07) is 2.52. The summed E-state index contributed by atoms with van der Waals surface area (Å²) in [5.41, 5.74) is 1.03. The van der Waals surface area contributed by atoms with Crippen LogP contribution in [0.4, 0.5) is 0 Å². The van der Waals surface area contributed by atoms with Gasteiger partial charge in [-0.25, -0.2) is 0 Å². The second-order valence-electron chi connectivity index (χ2n) is 4.05. The van der Waals surface area contributed by atoms with Gasteiger partial charge in [-0.15, -0.1) is 0 Å². The van der Waals surface area contributed by atoms with Gasteiger partial charge < -0.3 is 9.84 Å². The van der Waals surface area contributed by atoms with Crippen LogP contribution in [0.5, 0.6) is 0 Å². The molecule has 0 spiro atoms. The molecule has 0 aliphatic carbocycles. The number of hydrogen-bond acceptors (Lipinski definition) is 3. The van der Waals surface area contributed by atoms with Crippen LogP contribution < -0.4 is 5.32 Å². The molecule has 0 saturated heterocycles. The van der Waals surface area contributed by atoms with E-state index < -0.39 is 0 Å². The Morgan fingerprint density at radius 1 is 1.43 bits per heavy atom. The van der Waals surface area contributed by atoms with Crippen LogP contribution in [0.15, 0.2) is 10.6 Å². The summed E-state index contributed by atoms with van der Waals surface area (Å²) >= 11 is 0. The summed E-state index contributed by atoms with van der Waals surface area (Å²) in [6.45, 7) is 9.44. The molecule has 3 heteroatoms. The zero-order valence-corrected chi connectivity index (χ0v) is 9.50. The van der Waals surface area contributed by atoms with Crippen LogP contribution in [0.1, 0.15) is 39.1 Å². The average molecular weight is 196 g/mol. The van der Waals surface area contributed by atoms with E-state index in [-0.39, 0.29) is 0 Å². The van der Waals surface area contributed by atoms with Crippen LogP contribution in [0.3, 0.4) is 0 Å². The van der Waals surface area contributed by atoms with Crippen molar-refractivity contribution in [2.75, 3.05) is 0 Å². The van der Waals surface area contributed by atoms with Gasteiger partial charge in [0.1, 0.15) is 0 Å². The molecule has 0 radical (unpaired) electrons. The van der Waals surface area contributed by atoms with Gasteiger partial charge in [0.05, 0.1) is 12.2 Å². The summed E-state index contributed by atoms with van der Waals surface area (Å²) in [7, 11) is 0. The molecule has 0 amide bonds. The van der Waals surface area contributed by atoms with Crippen LogP contribution in [0.25, 0.3) is 0 Å². The van der Waals surface area contributed by atoms with Gasteiger partial charge in [-0.3, -0.25) is 0 Å². The SMILES string of the molecule is CCc1cc(CNC(C)C(C)C)on1. The third-order valence-corrected chi connectivity index (χ3v) is 2.57. The molecule has 0 bridgehead atoms. The first-order valence-corrected chi connectivity index (χ1v) is 5.31. The lowest BCUT2D eigenvalue weighted by atomic mass is 10.1. The molecule has 1 N–H and O–H groups in total. The van der Waals surface area contributed by atoms with Gasteiger partial charge in [0.25, 0.3) is 0 Å². The number of nitrogens with zero attached hydrogens (tertiary/aromatic N) is 1. The van der Waals surface area contributed by atoms with Gasteiger partial charge in [0.15, 0.2) is 5.76 Å². The largest absolute Gasteiger partial charge is 0.360 e. The van der Waals surface area contributed by atoms with Gasteiger partial charge in [-0.1, -0.05) is 25.9 Å². The molecule has 3 nitrogen and oxygen atoms in total. The number of aromatic nitrogens is 1. The molecule has 1 rings (SSSR count). The maximum atomic E-state index is 5.17. The van der Waals surface area contributed by atoms with Crippen molar-refractivity contribution < 1.29 is 4.52 Å². The predicted octanol–water partition coefficient (Wildman–Crippen LogP) is 2.37. The van der Waals surface area contributed by atoms with E-state index in [9.17, 15) is 0 Å². The Kier molecular flexibility index (Phi) is 4.14. The first-order valence-electron chi connectivity index (χ1n) is 5.31. The molecule has 0 aliphatic heterocycles. The molecule has 14 heavy (non-hydrogen) atoms. The Labute approximate surface area is 85.9 Å². The molecule has 1 aromatic heterocycles. The second-order valence-corrected chi connectivity index (χ2v) is 4.05. The van der Waals surface area contributed by atoms with Gasteiger partial charge in [0, 0.05) is 12.1 Å². The summed E-state index contributed by atoms with van der Waals surface area (Å²) in [5.74, 6) is 1.57. The molecular formula is C11H20N2O. The Bertz CT molecular complexity index is 268.